The summed E-state index contributed by atoms with van der Waals surface area (Å²) in [4.78, 5) is 25.8. The summed E-state index contributed by atoms with van der Waals surface area (Å²) in [7, 11) is 2.07. The molecule has 0 aliphatic carbocycles. The first-order valence-electron chi connectivity index (χ1n) is 8.61. The van der Waals surface area contributed by atoms with E-state index in [1.54, 1.807) is 6.07 Å². The lowest BCUT2D eigenvalue weighted by Gasteiger charge is -2.32. The van der Waals surface area contributed by atoms with E-state index in [0.29, 0.717) is 11.6 Å². The summed E-state index contributed by atoms with van der Waals surface area (Å²) in [5, 5.41) is 3.29. The van der Waals surface area contributed by atoms with Gasteiger partial charge in [-0.05, 0) is 45.0 Å². The summed E-state index contributed by atoms with van der Waals surface area (Å²) in [5.41, 5.74) is 4.47. The molecule has 0 atom stereocenters. The predicted octanol–water partition coefficient (Wildman–Crippen LogP) is 2.53. The minimum absolute atomic E-state index is 0.0249. The monoisotopic (exact) mass is 339 g/mol. The van der Waals surface area contributed by atoms with E-state index < -0.39 is 0 Å². The maximum atomic E-state index is 12.8. The Morgan fingerprint density at radius 3 is 2.32 bits per heavy atom. The van der Waals surface area contributed by atoms with Crippen molar-refractivity contribution in [2.45, 2.75) is 20.8 Å². The highest BCUT2D eigenvalue weighted by atomic mass is 16.2. The van der Waals surface area contributed by atoms with Crippen LogP contribution in [0.3, 0.4) is 0 Å². The molecule has 1 fully saturated rings. The van der Waals surface area contributed by atoms with Crippen molar-refractivity contribution in [1.29, 1.82) is 0 Å². The number of nitrogens with zero attached hydrogens (tertiary/aromatic N) is 4. The smallest absolute Gasteiger partial charge is 0.272 e. The van der Waals surface area contributed by atoms with Gasteiger partial charge in [0.25, 0.3) is 5.91 Å². The topological polar surface area (TPSA) is 61.4 Å². The third kappa shape index (κ3) is 3.96. The Kier molecular flexibility index (Phi) is 4.99. The molecule has 0 radical (unpaired) electrons. The number of carbonyl (C=O) groups is 1. The largest absolute Gasteiger partial charge is 0.335 e. The highest BCUT2D eigenvalue weighted by Crippen LogP contribution is 2.23. The summed E-state index contributed by atoms with van der Waals surface area (Å²) in [5.74, 6) is 0.443. The van der Waals surface area contributed by atoms with Crippen molar-refractivity contribution in [3.05, 3.63) is 46.8 Å². The van der Waals surface area contributed by atoms with E-state index in [9.17, 15) is 4.79 Å². The molecule has 6 nitrogen and oxygen atoms in total. The van der Waals surface area contributed by atoms with Crippen molar-refractivity contribution in [2.24, 2.45) is 0 Å². The summed E-state index contributed by atoms with van der Waals surface area (Å²) in [6, 6.07) is 7.87. The maximum absolute atomic E-state index is 12.8. The molecule has 0 unspecified atom stereocenters. The first-order valence-corrected chi connectivity index (χ1v) is 8.61. The minimum Gasteiger partial charge on any atom is -0.335 e. The Morgan fingerprint density at radius 2 is 1.68 bits per heavy atom. The van der Waals surface area contributed by atoms with Gasteiger partial charge in [-0.1, -0.05) is 18.2 Å². The number of benzene rings is 1. The molecule has 1 aromatic heterocycles. The van der Waals surface area contributed by atoms with E-state index in [2.05, 4.69) is 27.2 Å². The molecule has 1 N–H and O–H groups in total. The molecule has 0 bridgehead atoms. The number of carbonyl (C=O) groups excluding carboxylic acids is 1. The second kappa shape index (κ2) is 7.19. The molecule has 25 heavy (non-hydrogen) atoms. The van der Waals surface area contributed by atoms with E-state index >= 15 is 0 Å². The first-order chi connectivity index (χ1) is 11.9. The van der Waals surface area contributed by atoms with Crippen LogP contribution in [0.25, 0.3) is 0 Å². The number of amides is 1. The van der Waals surface area contributed by atoms with Crippen molar-refractivity contribution in [3.63, 3.8) is 0 Å². The van der Waals surface area contributed by atoms with Gasteiger partial charge in [0, 0.05) is 37.6 Å². The lowest BCUT2D eigenvalue weighted by atomic mass is 10.1. The molecule has 1 aliphatic rings. The molecule has 1 amide bonds. The SMILES string of the molecule is Cc1cc(C(=O)N2CCN(C)CC2)nc(Nc2c(C)cccc2C)n1. The fraction of sp³-hybridized carbons (Fsp3) is 0.421. The van der Waals surface area contributed by atoms with E-state index in [1.807, 2.05) is 43.9 Å². The molecule has 6 heteroatoms. The summed E-state index contributed by atoms with van der Waals surface area (Å²) >= 11 is 0. The molecule has 132 valence electrons. The first kappa shape index (κ1) is 17.4. The molecule has 1 aliphatic heterocycles. The number of piperazine rings is 1. The molecule has 3 rings (SSSR count). The third-order valence-electron chi connectivity index (χ3n) is 4.58. The van der Waals surface area contributed by atoms with Crippen LogP contribution in [0, 0.1) is 20.8 Å². The van der Waals surface area contributed by atoms with Crippen LogP contribution in [0.2, 0.25) is 0 Å². The number of nitrogens with one attached hydrogen (secondary N) is 1. The van der Waals surface area contributed by atoms with Crippen LogP contribution < -0.4 is 5.32 Å². The predicted molar refractivity (Wildman–Crippen MR) is 99.4 cm³/mol. The zero-order chi connectivity index (χ0) is 18.0. The Morgan fingerprint density at radius 1 is 1.04 bits per heavy atom. The van der Waals surface area contributed by atoms with Crippen LogP contribution in [0.15, 0.2) is 24.3 Å². The summed E-state index contributed by atoms with van der Waals surface area (Å²) < 4.78 is 0. The fourth-order valence-corrected chi connectivity index (χ4v) is 3.03. The Hall–Kier alpha value is -2.47. The number of aromatic nitrogens is 2. The molecule has 2 heterocycles. The Labute approximate surface area is 148 Å². The van der Waals surface area contributed by atoms with Crippen LogP contribution >= 0.6 is 0 Å². The zero-order valence-corrected chi connectivity index (χ0v) is 15.3. The lowest BCUT2D eigenvalue weighted by Crippen LogP contribution is -2.47. The van der Waals surface area contributed by atoms with Crippen LogP contribution in [0.1, 0.15) is 27.3 Å². The number of likely N-dealkylation sites (N-methyl/N-ethyl adjacent to an activating group) is 1. The number of para-hydroxylation sites is 1. The molecular formula is C19H25N5O. The van der Waals surface area contributed by atoms with Crippen molar-refractivity contribution in [1.82, 2.24) is 19.8 Å². The second-order valence-corrected chi connectivity index (χ2v) is 6.71. The van der Waals surface area contributed by atoms with Gasteiger partial charge >= 0.3 is 0 Å². The van der Waals surface area contributed by atoms with Crippen LogP contribution in [-0.4, -0.2) is 58.9 Å². The van der Waals surface area contributed by atoms with Gasteiger partial charge < -0.3 is 15.1 Å². The number of rotatable bonds is 3. The zero-order valence-electron chi connectivity index (χ0n) is 15.3. The highest BCUT2D eigenvalue weighted by Gasteiger charge is 2.22. The van der Waals surface area contributed by atoms with Crippen molar-refractivity contribution < 1.29 is 4.79 Å². The van der Waals surface area contributed by atoms with Gasteiger partial charge in [0.2, 0.25) is 5.95 Å². The molecule has 1 aromatic carbocycles. The average Bonchev–Trinajstić information content (AvgIpc) is 2.58. The van der Waals surface area contributed by atoms with E-state index in [1.165, 1.54) is 0 Å². The fourth-order valence-electron chi connectivity index (χ4n) is 3.03. The van der Waals surface area contributed by atoms with Crippen molar-refractivity contribution in [3.8, 4) is 0 Å². The van der Waals surface area contributed by atoms with Gasteiger partial charge in [0.1, 0.15) is 5.69 Å². The number of aryl methyl sites for hydroxylation is 3. The van der Waals surface area contributed by atoms with Gasteiger partial charge in [-0.15, -0.1) is 0 Å². The van der Waals surface area contributed by atoms with Gasteiger partial charge in [-0.3, -0.25) is 4.79 Å². The summed E-state index contributed by atoms with van der Waals surface area (Å²) in [6.07, 6.45) is 0. The summed E-state index contributed by atoms with van der Waals surface area (Å²) in [6.45, 7) is 9.23. The normalized spacial score (nSPS) is 15.3. The van der Waals surface area contributed by atoms with Gasteiger partial charge in [-0.25, -0.2) is 9.97 Å². The van der Waals surface area contributed by atoms with Crippen LogP contribution in [0.5, 0.6) is 0 Å². The standard InChI is InChI=1S/C19H25N5O/c1-13-6-5-7-14(2)17(13)22-19-20-15(3)12-16(21-19)18(25)24-10-8-23(4)9-11-24/h5-7,12H,8-11H2,1-4H3,(H,20,21,22). The maximum Gasteiger partial charge on any atom is 0.272 e. The lowest BCUT2D eigenvalue weighted by molar-refractivity contribution is 0.0658. The average molecular weight is 339 g/mol. The molecular weight excluding hydrogens is 314 g/mol. The van der Waals surface area contributed by atoms with Gasteiger partial charge in [0.15, 0.2) is 0 Å². The van der Waals surface area contributed by atoms with Crippen LogP contribution in [-0.2, 0) is 0 Å². The molecule has 0 saturated carbocycles. The van der Waals surface area contributed by atoms with E-state index in [0.717, 1.165) is 48.7 Å². The number of anilines is 2. The van der Waals surface area contributed by atoms with E-state index in [-0.39, 0.29) is 5.91 Å². The third-order valence-corrected chi connectivity index (χ3v) is 4.58. The highest BCUT2D eigenvalue weighted by molar-refractivity contribution is 5.92. The van der Waals surface area contributed by atoms with Gasteiger partial charge in [-0.2, -0.15) is 0 Å². The number of hydrogen-bond acceptors (Lipinski definition) is 5. The van der Waals surface area contributed by atoms with Gasteiger partial charge in [0.05, 0.1) is 0 Å². The second-order valence-electron chi connectivity index (χ2n) is 6.71. The molecule has 1 saturated heterocycles. The van der Waals surface area contributed by atoms with Crippen molar-refractivity contribution >= 4 is 17.5 Å². The quantitative estimate of drug-likeness (QED) is 0.931. The molecule has 0 spiro atoms. The molecule has 2 aromatic rings. The Balaban J connectivity index is 1.84. The van der Waals surface area contributed by atoms with E-state index in [4.69, 9.17) is 0 Å². The van der Waals surface area contributed by atoms with Crippen molar-refractivity contribution in [2.75, 3.05) is 38.5 Å². The number of hydrogen-bond donors (Lipinski definition) is 1. The van der Waals surface area contributed by atoms with Crippen LogP contribution in [0.4, 0.5) is 11.6 Å². The minimum atomic E-state index is -0.0249. The Bertz CT molecular complexity index is 761.